The Morgan fingerprint density at radius 2 is 0.828 bits per heavy atom. The topological polar surface area (TPSA) is 0 Å². The first-order chi connectivity index (χ1) is 14.2. The van der Waals surface area contributed by atoms with Crippen LogP contribution >= 0.6 is 15.1 Å². The van der Waals surface area contributed by atoms with Crippen LogP contribution in [0.15, 0.2) is 121 Å². The molecule has 0 aliphatic carbocycles. The fourth-order valence-corrected chi connectivity index (χ4v) is 9.29. The van der Waals surface area contributed by atoms with Gasteiger partial charge in [-0.3, -0.25) is 0 Å². The third-order valence-corrected chi connectivity index (χ3v) is 10.2. The van der Waals surface area contributed by atoms with Gasteiger partial charge in [0.15, 0.2) is 0 Å². The molecule has 4 rings (SSSR count). The Kier molecular flexibility index (Phi) is 6.34. The van der Waals surface area contributed by atoms with E-state index in [4.69, 9.17) is 0 Å². The van der Waals surface area contributed by atoms with E-state index in [0.717, 1.165) is 5.30 Å². The SMILES string of the molecule is [BH3-]C([PH+](c1ccccc1)c1ccccc1)[P+]([BH3-])(c1ccccc1)c1ccccc1. The number of hydrogen-bond acceptors (Lipinski definition) is 0. The van der Waals surface area contributed by atoms with Crippen molar-refractivity contribution in [1.82, 2.24) is 0 Å². The van der Waals surface area contributed by atoms with Crippen molar-refractivity contribution in [3.63, 3.8) is 0 Å². The highest BCUT2D eigenvalue weighted by Gasteiger charge is 2.42. The van der Waals surface area contributed by atoms with Gasteiger partial charge in [0.1, 0.15) is 7.57 Å². The molecule has 1 unspecified atom stereocenters. The van der Waals surface area contributed by atoms with E-state index < -0.39 is 15.1 Å². The summed E-state index contributed by atoms with van der Waals surface area (Å²) in [7, 11) is -1.77. The van der Waals surface area contributed by atoms with Crippen molar-refractivity contribution in [3.05, 3.63) is 121 Å². The van der Waals surface area contributed by atoms with E-state index in [1.807, 2.05) is 0 Å². The first-order valence-electron chi connectivity index (χ1n) is 9.14. The van der Waals surface area contributed by atoms with Gasteiger partial charge in [0, 0.05) is 13.1 Å². The van der Waals surface area contributed by atoms with Crippen LogP contribution in [0.3, 0.4) is 0 Å². The lowest BCUT2D eigenvalue weighted by Crippen LogP contribution is -2.35. The van der Waals surface area contributed by atoms with Gasteiger partial charge in [-0.05, 0) is 48.5 Å². The molecule has 4 aromatic rings. The van der Waals surface area contributed by atoms with Gasteiger partial charge in [0.25, 0.3) is 0 Å². The zero-order chi connectivity index (χ0) is 20.1. The largest absolute Gasteiger partial charge is 0.138 e. The molecule has 4 aromatic carbocycles. The van der Waals surface area contributed by atoms with Crippen LogP contribution in [0.2, 0.25) is 0 Å². The Balaban J connectivity index is 1.91. The minimum atomic E-state index is -1.25. The summed E-state index contributed by atoms with van der Waals surface area (Å²) in [6, 6.07) is 46.1. The van der Waals surface area contributed by atoms with E-state index in [9.17, 15) is 0 Å². The molecule has 0 aliphatic heterocycles. The minimum absolute atomic E-state index is 0.125. The molecule has 144 valence electrons. The fraction of sp³-hybridized carbons (Fsp3) is 0.0400. The highest BCUT2D eigenvalue weighted by Crippen LogP contribution is 2.65. The molecule has 0 heterocycles. The molecule has 0 saturated heterocycles. The molecule has 4 heteroatoms. The van der Waals surface area contributed by atoms with E-state index in [2.05, 4.69) is 121 Å². The van der Waals surface area contributed by atoms with Gasteiger partial charge in [-0.1, -0.05) is 79.9 Å². The first-order valence-corrected chi connectivity index (χ1v) is 12.1. The monoisotopic (exact) mass is 412 g/mol. The number of hydrogen-bond donors (Lipinski definition) is 0. The third kappa shape index (κ3) is 4.11. The van der Waals surface area contributed by atoms with Crippen LogP contribution < -0.4 is 21.2 Å². The predicted octanol–water partition coefficient (Wildman–Crippen LogP) is 2.45. The van der Waals surface area contributed by atoms with Crippen molar-refractivity contribution in [2.75, 3.05) is 0 Å². The van der Waals surface area contributed by atoms with Crippen LogP contribution in [-0.4, -0.2) is 20.7 Å². The molecule has 0 radical (unpaired) electrons. The first kappa shape index (κ1) is 20.2. The van der Waals surface area contributed by atoms with Gasteiger partial charge in [-0.2, -0.15) is 0 Å². The molecule has 0 nitrogen and oxygen atoms in total. The summed E-state index contributed by atoms with van der Waals surface area (Å²) in [5.41, 5.74) is 0. The molecule has 0 aliphatic rings. The smallest absolute Gasteiger partial charge is 0.0915 e. The second-order valence-corrected chi connectivity index (χ2v) is 11.1. The van der Waals surface area contributed by atoms with Crippen molar-refractivity contribution < 1.29 is 0 Å². The van der Waals surface area contributed by atoms with Gasteiger partial charge in [0.2, 0.25) is 0 Å². The molecule has 0 bridgehead atoms. The van der Waals surface area contributed by atoms with Crippen molar-refractivity contribution >= 4 is 51.7 Å². The van der Waals surface area contributed by atoms with Crippen molar-refractivity contribution in [1.29, 1.82) is 0 Å². The normalized spacial score (nSPS) is 12.7. The van der Waals surface area contributed by atoms with Crippen LogP contribution in [0.1, 0.15) is 0 Å². The van der Waals surface area contributed by atoms with E-state index in [0.29, 0.717) is 0 Å². The summed E-state index contributed by atoms with van der Waals surface area (Å²) in [6.07, 6.45) is 0. The van der Waals surface area contributed by atoms with Gasteiger partial charge in [0.05, 0.1) is 29.1 Å². The van der Waals surface area contributed by atoms with Gasteiger partial charge < -0.3 is 0 Å². The molecule has 29 heavy (non-hydrogen) atoms. The number of rotatable bonds is 6. The second kappa shape index (κ2) is 9.13. The van der Waals surface area contributed by atoms with Crippen molar-refractivity contribution in [2.45, 2.75) is 5.30 Å². The Morgan fingerprint density at radius 3 is 1.17 bits per heavy atom. The zero-order valence-electron chi connectivity index (χ0n) is 15.1. The van der Waals surface area contributed by atoms with Gasteiger partial charge in [-0.25, -0.2) is 0 Å². The Hall–Kier alpha value is -2.13. The summed E-state index contributed by atoms with van der Waals surface area (Å²) >= 11 is 0. The molecule has 1 atom stereocenters. The standard InChI is InChI=1S/C25H27B2P2/c26-25(28(21-13-5-1-6-14-21)22-15-7-2-8-16-22)29(27,23-17-9-3-10-18-23)24-19-11-4-12-20-24/h1-20,25H,26-27H3/q-1/p+1. The summed E-state index contributed by atoms with van der Waals surface area (Å²) in [6.45, 7) is 0. The maximum Gasteiger partial charge on any atom is 0.138 e. The number of benzene rings is 4. The Bertz CT molecular complexity index is 946. The van der Waals surface area contributed by atoms with Gasteiger partial charge >= 0.3 is 0 Å². The lowest BCUT2D eigenvalue weighted by molar-refractivity contribution is 1.70. The highest BCUT2D eigenvalue weighted by molar-refractivity contribution is 8.15. The predicted molar refractivity (Wildman–Crippen MR) is 143 cm³/mol. The van der Waals surface area contributed by atoms with E-state index in [1.54, 1.807) is 21.2 Å². The molecule has 0 aromatic heterocycles. The van der Waals surface area contributed by atoms with Crippen LogP contribution in [0.5, 0.6) is 0 Å². The average Bonchev–Trinajstić information content (AvgIpc) is 2.81. The Morgan fingerprint density at radius 1 is 0.517 bits per heavy atom. The van der Waals surface area contributed by atoms with Crippen LogP contribution in [0, 0.1) is 0 Å². The molecule has 0 amide bonds. The van der Waals surface area contributed by atoms with E-state index in [-0.39, 0.29) is 15.4 Å². The lowest BCUT2D eigenvalue weighted by atomic mass is 10.2. The van der Waals surface area contributed by atoms with Gasteiger partial charge in [-0.15, -0.1) is 0 Å². The molecular weight excluding hydrogens is 384 g/mol. The molecular formula is C25H28B2P2. The highest BCUT2D eigenvalue weighted by atomic mass is 31.2. The minimum Gasteiger partial charge on any atom is -0.0915 e. The van der Waals surface area contributed by atoms with Crippen LogP contribution in [0.4, 0.5) is 0 Å². The fourth-order valence-electron chi connectivity index (χ4n) is 3.16. The maximum absolute atomic E-state index is 2.44. The molecule has 0 spiro atoms. The Labute approximate surface area is 178 Å². The molecule has 0 saturated carbocycles. The third-order valence-electron chi connectivity index (χ3n) is 4.50. The van der Waals surface area contributed by atoms with E-state index >= 15 is 0 Å². The summed E-state index contributed by atoms with van der Waals surface area (Å²) in [5, 5.41) is 7.45. The molecule has 0 N–H and O–H groups in total. The van der Waals surface area contributed by atoms with Crippen molar-refractivity contribution in [2.24, 2.45) is 0 Å². The van der Waals surface area contributed by atoms with Crippen LogP contribution in [-0.2, 0) is 0 Å². The summed E-state index contributed by atoms with van der Waals surface area (Å²) < 4.78 is 0. The van der Waals surface area contributed by atoms with E-state index in [1.165, 1.54) is 0 Å². The maximum atomic E-state index is 2.44. The lowest BCUT2D eigenvalue weighted by Gasteiger charge is -2.39. The second-order valence-electron chi connectivity index (χ2n) is 6.32. The summed E-state index contributed by atoms with van der Waals surface area (Å²) in [5.74, 6) is 0. The van der Waals surface area contributed by atoms with Crippen LogP contribution in [0.25, 0.3) is 0 Å². The average molecular weight is 412 g/mol. The quantitative estimate of drug-likeness (QED) is 0.337. The van der Waals surface area contributed by atoms with Crippen molar-refractivity contribution in [3.8, 4) is 0 Å². The summed E-state index contributed by atoms with van der Waals surface area (Å²) in [4.78, 5) is 0. The zero-order valence-corrected chi connectivity index (χ0v) is 17.0. The molecule has 0 fully saturated rings.